The van der Waals surface area contributed by atoms with Crippen LogP contribution in [0.5, 0.6) is 0 Å². The number of halogens is 1. The normalized spacial score (nSPS) is 22.3. The van der Waals surface area contributed by atoms with Crippen molar-refractivity contribution in [3.8, 4) is 0 Å². The monoisotopic (exact) mass is 513 g/mol. The van der Waals surface area contributed by atoms with Gasteiger partial charge >= 0.3 is 0 Å². The number of rotatable bonds is 5. The second-order valence-corrected chi connectivity index (χ2v) is 11.9. The molecule has 4 rings (SSSR count). The molecule has 2 aromatic rings. The Morgan fingerprint density at radius 1 is 1.15 bits per heavy atom. The predicted molar refractivity (Wildman–Crippen MR) is 134 cm³/mol. The van der Waals surface area contributed by atoms with Crippen LogP contribution in [0.25, 0.3) is 0 Å². The van der Waals surface area contributed by atoms with Gasteiger partial charge in [-0.3, -0.25) is 4.79 Å². The molecule has 2 aliphatic rings. The summed E-state index contributed by atoms with van der Waals surface area (Å²) in [5.74, 6) is 0.744. The summed E-state index contributed by atoms with van der Waals surface area (Å²) in [7, 11) is 0. The van der Waals surface area contributed by atoms with Crippen LogP contribution in [0.2, 0.25) is 0 Å². The minimum absolute atomic E-state index is 0.104. The minimum atomic E-state index is -0.479. The van der Waals surface area contributed by atoms with E-state index in [1.54, 1.807) is 6.33 Å². The molecule has 1 aliphatic carbocycles. The number of amides is 1. The van der Waals surface area contributed by atoms with Gasteiger partial charge in [0.25, 0.3) is 0 Å². The standard InChI is InChI=1S/C27H36BrN3O2/c1-17-15-22(32)25-23(17)24(29-16-30-25)19-10-13-31(14-11-19)26(33)21(9-12-27(2,3)4)18-5-7-20(28)8-6-18/h5-8,16-17,19,21-22,32H,9-15H2,1-4H3/t17-,21-,22-/m1/s1. The van der Waals surface area contributed by atoms with Crippen molar-refractivity contribution >= 4 is 21.8 Å². The van der Waals surface area contributed by atoms with Crippen LogP contribution in [0, 0.1) is 5.41 Å². The average Bonchev–Trinajstić information content (AvgIpc) is 3.08. The number of aliphatic hydroxyl groups excluding tert-OH is 1. The Labute approximate surface area is 206 Å². The molecule has 5 nitrogen and oxygen atoms in total. The van der Waals surface area contributed by atoms with E-state index in [1.807, 2.05) is 12.1 Å². The molecule has 0 unspecified atom stereocenters. The molecule has 0 bridgehead atoms. The van der Waals surface area contributed by atoms with E-state index in [4.69, 9.17) is 0 Å². The molecule has 178 valence electrons. The van der Waals surface area contributed by atoms with E-state index in [9.17, 15) is 9.90 Å². The molecule has 33 heavy (non-hydrogen) atoms. The lowest BCUT2D eigenvalue weighted by atomic mass is 9.83. The van der Waals surface area contributed by atoms with Crippen LogP contribution >= 0.6 is 15.9 Å². The summed E-state index contributed by atoms with van der Waals surface area (Å²) in [4.78, 5) is 24.8. The van der Waals surface area contributed by atoms with Crippen LogP contribution in [0.1, 0.15) is 106 Å². The van der Waals surface area contributed by atoms with Gasteiger partial charge in [-0.15, -0.1) is 0 Å². The van der Waals surface area contributed by atoms with Crippen molar-refractivity contribution in [1.29, 1.82) is 0 Å². The summed E-state index contributed by atoms with van der Waals surface area (Å²) in [6.07, 6.45) is 5.52. The number of piperidine rings is 1. The number of benzene rings is 1. The fourth-order valence-electron chi connectivity index (χ4n) is 5.38. The third-order valence-corrected chi connectivity index (χ3v) is 7.81. The van der Waals surface area contributed by atoms with Crippen molar-refractivity contribution < 1.29 is 9.90 Å². The molecule has 1 aromatic carbocycles. The maximum Gasteiger partial charge on any atom is 0.230 e. The minimum Gasteiger partial charge on any atom is -0.387 e. The molecule has 0 spiro atoms. The molecule has 1 aliphatic heterocycles. The molecule has 1 amide bonds. The maximum atomic E-state index is 13.7. The molecule has 1 saturated heterocycles. The Kier molecular flexibility index (Phi) is 7.25. The first-order valence-corrected chi connectivity index (χ1v) is 13.0. The van der Waals surface area contributed by atoms with Crippen molar-refractivity contribution in [3.63, 3.8) is 0 Å². The van der Waals surface area contributed by atoms with Gasteiger partial charge in [0.15, 0.2) is 0 Å². The number of hydrogen-bond acceptors (Lipinski definition) is 4. The lowest BCUT2D eigenvalue weighted by Gasteiger charge is -2.35. The molecule has 6 heteroatoms. The van der Waals surface area contributed by atoms with Crippen molar-refractivity contribution in [2.45, 2.75) is 83.7 Å². The summed E-state index contributed by atoms with van der Waals surface area (Å²) in [6, 6.07) is 8.23. The fourth-order valence-corrected chi connectivity index (χ4v) is 5.65. The van der Waals surface area contributed by atoms with E-state index in [-0.39, 0.29) is 23.2 Å². The lowest BCUT2D eigenvalue weighted by Crippen LogP contribution is -2.41. The number of likely N-dealkylation sites (tertiary alicyclic amines) is 1. The highest BCUT2D eigenvalue weighted by Crippen LogP contribution is 2.43. The number of carbonyl (C=O) groups excluding carboxylic acids is 1. The molecule has 2 heterocycles. The first-order chi connectivity index (χ1) is 15.6. The molecule has 3 atom stereocenters. The summed E-state index contributed by atoms with van der Waals surface area (Å²) in [5.41, 5.74) is 4.34. The van der Waals surface area contributed by atoms with E-state index in [1.165, 1.54) is 0 Å². The van der Waals surface area contributed by atoms with Crippen LogP contribution in [-0.4, -0.2) is 39.0 Å². The molecular formula is C27H36BrN3O2. The number of carbonyl (C=O) groups is 1. The zero-order valence-corrected chi connectivity index (χ0v) is 21.8. The second-order valence-electron chi connectivity index (χ2n) is 11.0. The zero-order chi connectivity index (χ0) is 23.8. The van der Waals surface area contributed by atoms with Gasteiger partial charge in [0.2, 0.25) is 5.91 Å². The van der Waals surface area contributed by atoms with E-state index in [0.29, 0.717) is 5.92 Å². The number of aromatic nitrogens is 2. The van der Waals surface area contributed by atoms with Crippen molar-refractivity contribution in [1.82, 2.24) is 14.9 Å². The summed E-state index contributed by atoms with van der Waals surface area (Å²) < 4.78 is 1.03. The second kappa shape index (κ2) is 9.83. The first kappa shape index (κ1) is 24.3. The molecule has 1 N–H and O–H groups in total. The zero-order valence-electron chi connectivity index (χ0n) is 20.2. The van der Waals surface area contributed by atoms with Crippen LogP contribution < -0.4 is 0 Å². The largest absolute Gasteiger partial charge is 0.387 e. The Bertz CT molecular complexity index is 978. The van der Waals surface area contributed by atoms with Gasteiger partial charge in [-0.05, 0) is 61.1 Å². The molecule has 1 aromatic heterocycles. The Morgan fingerprint density at radius 2 is 1.79 bits per heavy atom. The maximum absolute atomic E-state index is 13.7. The van der Waals surface area contributed by atoms with Gasteiger partial charge in [0.1, 0.15) is 6.33 Å². The molecule has 0 radical (unpaired) electrons. The van der Waals surface area contributed by atoms with E-state index in [0.717, 1.165) is 72.2 Å². The van der Waals surface area contributed by atoms with Crippen LogP contribution in [0.15, 0.2) is 35.1 Å². The van der Waals surface area contributed by atoms with Gasteiger partial charge in [0, 0.05) is 29.0 Å². The Balaban J connectivity index is 1.48. The van der Waals surface area contributed by atoms with Crippen LogP contribution in [0.4, 0.5) is 0 Å². The van der Waals surface area contributed by atoms with E-state index in [2.05, 4.69) is 70.6 Å². The Hall–Kier alpha value is -1.79. The number of hydrogen-bond donors (Lipinski definition) is 1. The highest BCUT2D eigenvalue weighted by molar-refractivity contribution is 9.10. The summed E-state index contributed by atoms with van der Waals surface area (Å²) in [5, 5.41) is 10.3. The van der Waals surface area contributed by atoms with Gasteiger partial charge in [-0.2, -0.15) is 0 Å². The Morgan fingerprint density at radius 3 is 2.42 bits per heavy atom. The van der Waals surface area contributed by atoms with Crippen molar-refractivity contribution in [3.05, 3.63) is 57.6 Å². The lowest BCUT2D eigenvalue weighted by molar-refractivity contribution is -0.134. The van der Waals surface area contributed by atoms with Crippen LogP contribution in [0.3, 0.4) is 0 Å². The van der Waals surface area contributed by atoms with Gasteiger partial charge in [-0.1, -0.05) is 55.8 Å². The number of nitrogens with zero attached hydrogens (tertiary/aromatic N) is 3. The predicted octanol–water partition coefficient (Wildman–Crippen LogP) is 6.10. The van der Waals surface area contributed by atoms with Gasteiger partial charge in [0.05, 0.1) is 23.4 Å². The third kappa shape index (κ3) is 5.48. The van der Waals surface area contributed by atoms with E-state index >= 15 is 0 Å². The molecule has 0 saturated carbocycles. The number of aliphatic hydroxyl groups is 1. The van der Waals surface area contributed by atoms with E-state index < -0.39 is 6.10 Å². The first-order valence-electron chi connectivity index (χ1n) is 12.2. The molecular weight excluding hydrogens is 478 g/mol. The SMILES string of the molecule is C[C@@H]1C[C@@H](O)c2ncnc(C3CCN(C(=O)[C@H](CCC(C)(C)C)c4ccc(Br)cc4)CC3)c21. The smallest absolute Gasteiger partial charge is 0.230 e. The van der Waals surface area contributed by atoms with Gasteiger partial charge in [-0.25, -0.2) is 9.97 Å². The highest BCUT2D eigenvalue weighted by Gasteiger charge is 2.36. The summed E-state index contributed by atoms with van der Waals surface area (Å²) in [6.45, 7) is 10.4. The quantitative estimate of drug-likeness (QED) is 0.524. The van der Waals surface area contributed by atoms with Crippen molar-refractivity contribution in [2.75, 3.05) is 13.1 Å². The average molecular weight is 515 g/mol. The fraction of sp³-hybridized carbons (Fsp3) is 0.593. The number of fused-ring (bicyclic) bond motifs is 1. The summed E-state index contributed by atoms with van der Waals surface area (Å²) >= 11 is 3.52. The van der Waals surface area contributed by atoms with Gasteiger partial charge < -0.3 is 10.0 Å². The van der Waals surface area contributed by atoms with Crippen LogP contribution in [-0.2, 0) is 4.79 Å². The topological polar surface area (TPSA) is 66.3 Å². The highest BCUT2D eigenvalue weighted by atomic mass is 79.9. The van der Waals surface area contributed by atoms with Crippen molar-refractivity contribution in [2.24, 2.45) is 5.41 Å². The third-order valence-electron chi connectivity index (χ3n) is 7.28. The molecule has 1 fully saturated rings.